The van der Waals surface area contributed by atoms with Gasteiger partial charge in [0.15, 0.2) is 0 Å². The molecule has 0 aromatic heterocycles. The monoisotopic (exact) mass is 539 g/mol. The van der Waals surface area contributed by atoms with Crippen LogP contribution in [0.15, 0.2) is 72.3 Å². The van der Waals surface area contributed by atoms with E-state index in [0.29, 0.717) is 0 Å². The van der Waals surface area contributed by atoms with Gasteiger partial charge in [-0.05, 0) is 0 Å². The Bertz CT molecular complexity index is 1120. The Morgan fingerprint density at radius 3 is 2.12 bits per heavy atom. The van der Waals surface area contributed by atoms with Crippen molar-refractivity contribution in [2.45, 2.75) is 56.0 Å². The summed E-state index contributed by atoms with van der Waals surface area (Å²) in [5.41, 5.74) is 10.7. The van der Waals surface area contributed by atoms with Gasteiger partial charge in [-0.2, -0.15) is 0 Å². The predicted molar refractivity (Wildman–Crippen MR) is 138 cm³/mol. The summed E-state index contributed by atoms with van der Waals surface area (Å²) in [4.78, 5) is 0. The zero-order valence-corrected chi connectivity index (χ0v) is 23.4. The van der Waals surface area contributed by atoms with E-state index in [-0.39, 0.29) is 9.04 Å². The molecular formula is C29H31Cl2Zr. The van der Waals surface area contributed by atoms with Crippen molar-refractivity contribution in [3.05, 3.63) is 89.0 Å². The average molecular weight is 542 g/mol. The molecule has 0 saturated heterocycles. The van der Waals surface area contributed by atoms with Crippen LogP contribution in [0.5, 0.6) is 0 Å². The SMILES string of the molecule is CCCCC1=Cc2c(ccc(C(C)(C)C)c2-c2ccccc2-c2ccccc2)[CH]1[Zr]([Cl])[Cl]. The number of hydrogen-bond donors (Lipinski definition) is 0. The number of rotatable bonds is 6. The van der Waals surface area contributed by atoms with Crippen molar-refractivity contribution in [2.75, 3.05) is 0 Å². The van der Waals surface area contributed by atoms with E-state index in [0.717, 1.165) is 6.42 Å². The minimum atomic E-state index is -2.54. The molecule has 165 valence electrons. The van der Waals surface area contributed by atoms with E-state index < -0.39 is 19.4 Å². The normalized spacial score (nSPS) is 15.4. The third-order valence-corrected chi connectivity index (χ3v) is 11.7. The Labute approximate surface area is 208 Å². The summed E-state index contributed by atoms with van der Waals surface area (Å²) in [6, 6.07) is 24.2. The molecule has 0 nitrogen and oxygen atoms in total. The summed E-state index contributed by atoms with van der Waals surface area (Å²) in [5.74, 6) is 0. The van der Waals surface area contributed by atoms with Crippen LogP contribution in [0.4, 0.5) is 0 Å². The third-order valence-electron chi connectivity index (χ3n) is 6.42. The molecule has 0 amide bonds. The van der Waals surface area contributed by atoms with E-state index in [1.807, 2.05) is 0 Å². The second-order valence-electron chi connectivity index (χ2n) is 9.70. The summed E-state index contributed by atoms with van der Waals surface area (Å²) in [5, 5.41) is 0. The maximum atomic E-state index is 6.76. The van der Waals surface area contributed by atoms with Crippen LogP contribution in [0.3, 0.4) is 0 Å². The van der Waals surface area contributed by atoms with Gasteiger partial charge in [0.25, 0.3) is 0 Å². The number of allylic oxidation sites excluding steroid dienone is 1. The number of hydrogen-bond acceptors (Lipinski definition) is 0. The standard InChI is InChI=1S/C29H31.2ClH.Zr/c1-5-6-12-21-19-23-17-18-27(29(2,3)4)28(26(23)20-21)25-16-11-10-15-24(25)22-13-8-7-9-14-22;;;/h7-11,13-20H,5-6,12H2,1-4H3;2*1H;/q;;;+2/p-2. The molecule has 0 N–H and O–H groups in total. The van der Waals surface area contributed by atoms with Gasteiger partial charge in [-0.25, -0.2) is 0 Å². The second-order valence-corrected chi connectivity index (χ2v) is 18.5. The van der Waals surface area contributed by atoms with Crippen molar-refractivity contribution in [3.63, 3.8) is 0 Å². The Morgan fingerprint density at radius 1 is 0.844 bits per heavy atom. The van der Waals surface area contributed by atoms with Crippen LogP contribution < -0.4 is 0 Å². The molecule has 0 aliphatic heterocycles. The maximum absolute atomic E-state index is 6.76. The van der Waals surface area contributed by atoms with E-state index >= 15 is 0 Å². The van der Waals surface area contributed by atoms with E-state index in [1.54, 1.807) is 0 Å². The molecule has 0 radical (unpaired) electrons. The van der Waals surface area contributed by atoms with Crippen LogP contribution in [0.1, 0.15) is 67.3 Å². The van der Waals surface area contributed by atoms with Crippen molar-refractivity contribution >= 4 is 23.1 Å². The zero-order valence-electron chi connectivity index (χ0n) is 19.4. The molecule has 1 atom stereocenters. The first-order valence-corrected chi connectivity index (χ1v) is 19.3. The molecule has 1 aliphatic carbocycles. The van der Waals surface area contributed by atoms with Crippen molar-refractivity contribution < 1.29 is 19.4 Å². The summed E-state index contributed by atoms with van der Waals surface area (Å²) in [7, 11) is 13.5. The Morgan fingerprint density at radius 2 is 1.50 bits per heavy atom. The van der Waals surface area contributed by atoms with Gasteiger partial charge in [-0.1, -0.05) is 0 Å². The number of unbranched alkanes of at least 4 members (excludes halogenated alkanes) is 1. The summed E-state index contributed by atoms with van der Waals surface area (Å²) in [6.07, 6.45) is 5.89. The van der Waals surface area contributed by atoms with Gasteiger partial charge in [0.2, 0.25) is 0 Å². The first-order chi connectivity index (χ1) is 15.3. The third kappa shape index (κ3) is 4.73. The van der Waals surface area contributed by atoms with Crippen molar-refractivity contribution in [2.24, 2.45) is 0 Å². The van der Waals surface area contributed by atoms with Gasteiger partial charge in [-0.3, -0.25) is 0 Å². The van der Waals surface area contributed by atoms with Gasteiger partial charge in [0.1, 0.15) is 0 Å². The molecule has 1 aliphatic rings. The number of benzene rings is 3. The van der Waals surface area contributed by atoms with E-state index in [4.69, 9.17) is 17.0 Å². The van der Waals surface area contributed by atoms with Crippen molar-refractivity contribution in [1.82, 2.24) is 0 Å². The fourth-order valence-corrected chi connectivity index (χ4v) is 10.3. The molecule has 32 heavy (non-hydrogen) atoms. The van der Waals surface area contributed by atoms with Crippen LogP contribution in [-0.4, -0.2) is 0 Å². The van der Waals surface area contributed by atoms with Gasteiger partial charge in [0.05, 0.1) is 0 Å². The molecule has 3 aromatic carbocycles. The topological polar surface area (TPSA) is 0 Å². The summed E-state index contributed by atoms with van der Waals surface area (Å²) in [6.45, 7) is 9.17. The molecule has 3 aromatic rings. The fraction of sp³-hybridized carbons (Fsp3) is 0.310. The summed E-state index contributed by atoms with van der Waals surface area (Å²) >= 11 is -2.54. The Balaban J connectivity index is 2.01. The fourth-order valence-electron chi connectivity index (χ4n) is 4.85. The predicted octanol–water partition coefficient (Wildman–Crippen LogP) is 9.87. The molecular weight excluding hydrogens is 510 g/mol. The van der Waals surface area contributed by atoms with Gasteiger partial charge in [-0.15, -0.1) is 0 Å². The molecule has 0 heterocycles. The van der Waals surface area contributed by atoms with E-state index in [1.165, 1.54) is 57.4 Å². The van der Waals surface area contributed by atoms with Crippen LogP contribution in [0.2, 0.25) is 0 Å². The quantitative estimate of drug-likeness (QED) is 0.291. The molecule has 0 spiro atoms. The second kappa shape index (κ2) is 10.0. The minimum absolute atomic E-state index is 0.0210. The number of halogens is 2. The first kappa shape index (κ1) is 24.0. The first-order valence-electron chi connectivity index (χ1n) is 11.5. The van der Waals surface area contributed by atoms with E-state index in [9.17, 15) is 0 Å². The zero-order chi connectivity index (χ0) is 22.9. The van der Waals surface area contributed by atoms with Gasteiger partial charge in [0, 0.05) is 0 Å². The Kier molecular flexibility index (Phi) is 7.51. The molecule has 1 unspecified atom stereocenters. The molecule has 3 heteroatoms. The summed E-state index contributed by atoms with van der Waals surface area (Å²) < 4.78 is 0.263. The van der Waals surface area contributed by atoms with E-state index in [2.05, 4.69) is 101 Å². The Hall–Kier alpha value is -1.14. The van der Waals surface area contributed by atoms with Crippen LogP contribution in [0, 0.1) is 0 Å². The molecule has 4 rings (SSSR count). The van der Waals surface area contributed by atoms with Gasteiger partial charge < -0.3 is 0 Å². The van der Waals surface area contributed by atoms with Crippen molar-refractivity contribution in [3.8, 4) is 22.3 Å². The molecule has 0 fully saturated rings. The van der Waals surface area contributed by atoms with Crippen LogP contribution >= 0.6 is 17.0 Å². The van der Waals surface area contributed by atoms with Crippen LogP contribution in [-0.2, 0) is 24.8 Å². The van der Waals surface area contributed by atoms with Crippen molar-refractivity contribution in [1.29, 1.82) is 0 Å². The number of fused-ring (bicyclic) bond motifs is 1. The molecule has 0 bridgehead atoms. The molecule has 0 saturated carbocycles. The van der Waals surface area contributed by atoms with Gasteiger partial charge >= 0.3 is 210 Å². The van der Waals surface area contributed by atoms with Crippen LogP contribution in [0.25, 0.3) is 28.3 Å². The average Bonchev–Trinajstić information content (AvgIpc) is 3.15.